The number of unbranched alkanes of at least 4 members (excludes halogenated alkanes) is 1. The van der Waals surface area contributed by atoms with Crippen LogP contribution in [0.1, 0.15) is 38.2 Å². The minimum Gasteiger partial charge on any atom is -0.355 e. The minimum absolute atomic E-state index is 0.0379. The largest absolute Gasteiger partial charge is 0.355 e. The number of amides is 2. The highest BCUT2D eigenvalue weighted by molar-refractivity contribution is 6.07. The highest BCUT2D eigenvalue weighted by atomic mass is 16.2. The summed E-state index contributed by atoms with van der Waals surface area (Å²) in [6.45, 7) is 6.80. The van der Waals surface area contributed by atoms with Crippen molar-refractivity contribution < 1.29 is 9.59 Å². The highest BCUT2D eigenvalue weighted by Gasteiger charge is 2.57. The number of hydrogen-bond acceptors (Lipinski definition) is 3. The average molecular weight is 370 g/mol. The van der Waals surface area contributed by atoms with Crippen LogP contribution in [0.4, 0.5) is 0 Å². The molecular formula is C22H31N3O2. The molecule has 0 atom stereocenters. The lowest BCUT2D eigenvalue weighted by atomic mass is 10.0. The molecule has 1 aromatic carbocycles. The molecule has 1 aliphatic carbocycles. The Kier molecular flexibility index (Phi) is 6.67. The smallest absolute Gasteiger partial charge is 0.238 e. The van der Waals surface area contributed by atoms with Crippen molar-refractivity contribution in [2.45, 2.75) is 32.6 Å². The summed E-state index contributed by atoms with van der Waals surface area (Å²) in [6, 6.07) is 10.3. The van der Waals surface area contributed by atoms with Gasteiger partial charge in [-0.05, 0) is 24.8 Å². The number of hydrogen-bond donors (Lipinski definition) is 1. The molecule has 1 aromatic rings. The van der Waals surface area contributed by atoms with E-state index in [2.05, 4.69) is 41.4 Å². The fourth-order valence-electron chi connectivity index (χ4n) is 3.55. The molecule has 27 heavy (non-hydrogen) atoms. The van der Waals surface area contributed by atoms with E-state index in [1.54, 1.807) is 0 Å². The normalized spacial score (nSPS) is 19.2. The van der Waals surface area contributed by atoms with E-state index in [9.17, 15) is 9.59 Å². The van der Waals surface area contributed by atoms with E-state index in [0.717, 1.165) is 32.5 Å². The molecule has 0 radical (unpaired) electrons. The molecule has 0 aromatic heterocycles. The number of piperazine rings is 1. The van der Waals surface area contributed by atoms with Crippen molar-refractivity contribution in [1.29, 1.82) is 0 Å². The second-order valence-corrected chi connectivity index (χ2v) is 7.60. The lowest BCUT2D eigenvalue weighted by Crippen LogP contribution is -2.53. The number of benzene rings is 1. The number of nitrogens with zero attached hydrogens (tertiary/aromatic N) is 2. The summed E-state index contributed by atoms with van der Waals surface area (Å²) in [6.07, 6.45) is 7.72. The maximum Gasteiger partial charge on any atom is 0.238 e. The van der Waals surface area contributed by atoms with Gasteiger partial charge in [0.05, 0.1) is 0 Å². The van der Waals surface area contributed by atoms with Gasteiger partial charge in [0.15, 0.2) is 0 Å². The van der Waals surface area contributed by atoms with Crippen molar-refractivity contribution in [2.75, 3.05) is 39.3 Å². The topological polar surface area (TPSA) is 52.7 Å². The van der Waals surface area contributed by atoms with Crippen molar-refractivity contribution in [3.63, 3.8) is 0 Å². The fourth-order valence-corrected chi connectivity index (χ4v) is 3.55. The van der Waals surface area contributed by atoms with Gasteiger partial charge in [0.1, 0.15) is 5.41 Å². The van der Waals surface area contributed by atoms with Gasteiger partial charge in [0.2, 0.25) is 11.8 Å². The van der Waals surface area contributed by atoms with E-state index in [1.807, 2.05) is 23.1 Å². The fraction of sp³-hybridized carbons (Fsp3) is 0.545. The molecule has 5 heteroatoms. The second kappa shape index (κ2) is 9.18. The quantitative estimate of drug-likeness (QED) is 0.566. The molecular weight excluding hydrogens is 338 g/mol. The van der Waals surface area contributed by atoms with E-state index in [-0.39, 0.29) is 11.8 Å². The van der Waals surface area contributed by atoms with Crippen LogP contribution in [-0.2, 0) is 9.59 Å². The minimum atomic E-state index is -0.761. The molecule has 0 bridgehead atoms. The summed E-state index contributed by atoms with van der Waals surface area (Å²) >= 11 is 0. The van der Waals surface area contributed by atoms with Crippen LogP contribution in [0, 0.1) is 5.41 Å². The lowest BCUT2D eigenvalue weighted by Gasteiger charge is -2.35. The molecule has 2 aliphatic rings. The van der Waals surface area contributed by atoms with Gasteiger partial charge in [-0.1, -0.05) is 55.8 Å². The van der Waals surface area contributed by atoms with E-state index in [0.29, 0.717) is 32.5 Å². The first-order valence-electron chi connectivity index (χ1n) is 10.2. The molecule has 2 fully saturated rings. The predicted octanol–water partition coefficient (Wildman–Crippen LogP) is 2.54. The highest BCUT2D eigenvalue weighted by Crippen LogP contribution is 2.47. The van der Waals surface area contributed by atoms with Crippen LogP contribution in [0.2, 0.25) is 0 Å². The molecule has 0 spiro atoms. The Balaban J connectivity index is 1.44. The summed E-state index contributed by atoms with van der Waals surface area (Å²) in [5.74, 6) is -0.0230. The molecule has 146 valence electrons. The number of rotatable bonds is 8. The van der Waals surface area contributed by atoms with E-state index in [1.165, 1.54) is 5.56 Å². The summed E-state index contributed by atoms with van der Waals surface area (Å²) in [5.41, 5.74) is 0.444. The second-order valence-electron chi connectivity index (χ2n) is 7.60. The van der Waals surface area contributed by atoms with Gasteiger partial charge < -0.3 is 10.2 Å². The summed E-state index contributed by atoms with van der Waals surface area (Å²) < 4.78 is 0. The molecule has 1 saturated heterocycles. The third kappa shape index (κ3) is 4.98. The molecule has 1 heterocycles. The zero-order chi connectivity index (χ0) is 19.1. The molecule has 3 rings (SSSR count). The van der Waals surface area contributed by atoms with Crippen molar-refractivity contribution in [2.24, 2.45) is 5.41 Å². The van der Waals surface area contributed by atoms with Crippen molar-refractivity contribution in [1.82, 2.24) is 15.1 Å². The first-order valence-corrected chi connectivity index (χ1v) is 10.2. The number of carbonyl (C=O) groups excluding carboxylic acids is 2. The third-order valence-electron chi connectivity index (χ3n) is 5.54. The van der Waals surface area contributed by atoms with E-state index < -0.39 is 5.41 Å². The predicted molar refractivity (Wildman–Crippen MR) is 108 cm³/mol. The lowest BCUT2D eigenvalue weighted by molar-refractivity contribution is -0.145. The maximum absolute atomic E-state index is 12.9. The summed E-state index contributed by atoms with van der Waals surface area (Å²) in [4.78, 5) is 29.6. The van der Waals surface area contributed by atoms with Gasteiger partial charge in [-0.3, -0.25) is 14.5 Å². The van der Waals surface area contributed by atoms with Gasteiger partial charge >= 0.3 is 0 Å². The van der Waals surface area contributed by atoms with Gasteiger partial charge in [-0.2, -0.15) is 0 Å². The zero-order valence-corrected chi connectivity index (χ0v) is 16.3. The summed E-state index contributed by atoms with van der Waals surface area (Å²) in [5, 5.41) is 2.95. The van der Waals surface area contributed by atoms with Crippen molar-refractivity contribution >= 4 is 17.9 Å². The van der Waals surface area contributed by atoms with Crippen LogP contribution in [-0.4, -0.2) is 60.9 Å². The van der Waals surface area contributed by atoms with Crippen LogP contribution in [0.5, 0.6) is 0 Å². The van der Waals surface area contributed by atoms with E-state index in [4.69, 9.17) is 0 Å². The van der Waals surface area contributed by atoms with Crippen molar-refractivity contribution in [3.8, 4) is 0 Å². The van der Waals surface area contributed by atoms with Crippen LogP contribution in [0.15, 0.2) is 36.4 Å². The molecule has 1 saturated carbocycles. The third-order valence-corrected chi connectivity index (χ3v) is 5.54. The Bertz CT molecular complexity index is 659. The van der Waals surface area contributed by atoms with Crippen LogP contribution in [0.3, 0.4) is 0 Å². The van der Waals surface area contributed by atoms with Gasteiger partial charge in [0, 0.05) is 39.3 Å². The molecule has 2 amide bonds. The van der Waals surface area contributed by atoms with Crippen LogP contribution in [0.25, 0.3) is 6.08 Å². The Morgan fingerprint density at radius 1 is 1.11 bits per heavy atom. The molecule has 1 aliphatic heterocycles. The first kappa shape index (κ1) is 19.6. The Morgan fingerprint density at radius 2 is 1.81 bits per heavy atom. The SMILES string of the molecule is CCCCNC(=O)C1(C(=O)N2CCN(C/C=C/c3ccccc3)CC2)CC1. The molecule has 0 unspecified atom stereocenters. The van der Waals surface area contributed by atoms with Gasteiger partial charge in [0.25, 0.3) is 0 Å². The van der Waals surface area contributed by atoms with E-state index >= 15 is 0 Å². The Hall–Kier alpha value is -2.14. The Labute approximate surface area is 162 Å². The van der Waals surface area contributed by atoms with Gasteiger partial charge in [-0.25, -0.2) is 0 Å². The average Bonchev–Trinajstić information content (AvgIpc) is 3.51. The standard InChI is InChI=1S/C22H31N3O2/c1-2-3-13-23-20(26)22(11-12-22)21(27)25-17-15-24(16-18-25)14-7-10-19-8-5-4-6-9-19/h4-10H,2-3,11-18H2,1H3,(H,23,26)/b10-7+. The van der Waals surface area contributed by atoms with Crippen LogP contribution >= 0.6 is 0 Å². The summed E-state index contributed by atoms with van der Waals surface area (Å²) in [7, 11) is 0. The Morgan fingerprint density at radius 3 is 2.44 bits per heavy atom. The molecule has 1 N–H and O–H groups in total. The number of nitrogens with one attached hydrogen (secondary N) is 1. The van der Waals surface area contributed by atoms with Crippen LogP contribution < -0.4 is 5.32 Å². The first-order chi connectivity index (χ1) is 13.2. The number of carbonyl (C=O) groups is 2. The zero-order valence-electron chi connectivity index (χ0n) is 16.3. The maximum atomic E-state index is 12.9. The monoisotopic (exact) mass is 369 g/mol. The van der Waals surface area contributed by atoms with Crippen molar-refractivity contribution in [3.05, 3.63) is 42.0 Å². The molecule has 5 nitrogen and oxygen atoms in total. The van der Waals surface area contributed by atoms with Gasteiger partial charge in [-0.15, -0.1) is 0 Å².